The molecule has 2 aromatic rings. The molecule has 0 heterocycles. The summed E-state index contributed by atoms with van der Waals surface area (Å²) < 4.78 is 46.9. The Morgan fingerprint density at radius 2 is 1.27 bits per heavy atom. The molecule has 3 heteroatoms. The molecule has 0 aliphatic heterocycles. The second-order valence-electron chi connectivity index (χ2n) is 10.6. The Morgan fingerprint density at radius 1 is 0.676 bits per heavy atom. The third kappa shape index (κ3) is 8.09. The van der Waals surface area contributed by atoms with Crippen LogP contribution in [0.4, 0.5) is 13.2 Å². The number of unbranched alkanes of at least 4 members (excludes halogenated alkanes) is 10. The molecule has 3 rings (SSSR count). The van der Waals surface area contributed by atoms with Crippen molar-refractivity contribution < 1.29 is 13.2 Å². The molecule has 0 fully saturated rings. The fourth-order valence-electron chi connectivity index (χ4n) is 5.34. The lowest BCUT2D eigenvalue weighted by Gasteiger charge is -2.30. The summed E-state index contributed by atoms with van der Waals surface area (Å²) in [7, 11) is 0. The molecule has 1 atom stereocenters. The molecule has 0 nitrogen and oxygen atoms in total. The van der Waals surface area contributed by atoms with Gasteiger partial charge in [-0.25, -0.2) is 13.2 Å². The van der Waals surface area contributed by atoms with E-state index in [1.807, 2.05) is 24.3 Å². The van der Waals surface area contributed by atoms with Crippen molar-refractivity contribution >= 4 is 5.57 Å². The van der Waals surface area contributed by atoms with E-state index in [1.165, 1.54) is 56.9 Å². The molecule has 0 N–H and O–H groups in total. The number of alkyl halides is 1. The largest absolute Gasteiger partial charge is 0.233 e. The van der Waals surface area contributed by atoms with Crippen LogP contribution >= 0.6 is 0 Å². The van der Waals surface area contributed by atoms with Crippen molar-refractivity contribution in [2.24, 2.45) is 0 Å². The fraction of sp³-hybridized carbons (Fsp3) is 0.529. The summed E-state index contributed by atoms with van der Waals surface area (Å²) >= 11 is 0. The third-order valence-corrected chi connectivity index (χ3v) is 7.71. The summed E-state index contributed by atoms with van der Waals surface area (Å²) in [6.45, 7) is 4.40. The zero-order valence-corrected chi connectivity index (χ0v) is 22.9. The Kier molecular flexibility index (Phi) is 12.0. The molecule has 0 spiro atoms. The van der Waals surface area contributed by atoms with Crippen LogP contribution in [0.3, 0.4) is 0 Å². The summed E-state index contributed by atoms with van der Waals surface area (Å²) in [5.41, 5.74) is 0.391. The van der Waals surface area contributed by atoms with E-state index in [4.69, 9.17) is 0 Å². The van der Waals surface area contributed by atoms with Gasteiger partial charge in [0, 0.05) is 17.6 Å². The lowest BCUT2D eigenvalue weighted by Crippen LogP contribution is -2.24. The van der Waals surface area contributed by atoms with Gasteiger partial charge in [0.2, 0.25) is 0 Å². The van der Waals surface area contributed by atoms with Gasteiger partial charge in [-0.3, -0.25) is 0 Å². The van der Waals surface area contributed by atoms with Crippen LogP contribution in [0.5, 0.6) is 0 Å². The van der Waals surface area contributed by atoms with Crippen molar-refractivity contribution in [3.8, 4) is 0 Å². The first-order valence-corrected chi connectivity index (χ1v) is 14.6. The molecule has 0 saturated heterocycles. The Balaban J connectivity index is 1.68. The summed E-state index contributed by atoms with van der Waals surface area (Å²) in [6.07, 6.45) is 20.7. The predicted molar refractivity (Wildman–Crippen MR) is 151 cm³/mol. The lowest BCUT2D eigenvalue weighted by molar-refractivity contribution is 0.248. The standard InChI is InChI=1S/C34H45F3/c1-3-5-7-9-10-12-14-18-28-22-25-30(33(36)32(28)35)31-19-15-16-26-34(31,37)29-23-20-27(21-24-29)17-13-11-8-6-4-2/h15-16,19-25H,3-14,17-18,26H2,1-2H3. The molecule has 1 unspecified atom stereocenters. The van der Waals surface area contributed by atoms with Gasteiger partial charge in [0.05, 0.1) is 0 Å². The Hall–Kier alpha value is -2.29. The van der Waals surface area contributed by atoms with Crippen LogP contribution in [0, 0.1) is 11.6 Å². The normalized spacial score (nSPS) is 17.3. The maximum atomic E-state index is 16.6. The zero-order chi connectivity index (χ0) is 26.5. The lowest BCUT2D eigenvalue weighted by atomic mass is 9.78. The zero-order valence-electron chi connectivity index (χ0n) is 22.9. The molecule has 0 bridgehead atoms. The van der Waals surface area contributed by atoms with Crippen LogP contribution in [0.25, 0.3) is 5.57 Å². The molecule has 1 aliphatic carbocycles. The van der Waals surface area contributed by atoms with E-state index in [2.05, 4.69) is 13.8 Å². The number of hydrogen-bond donors (Lipinski definition) is 0. The second-order valence-corrected chi connectivity index (χ2v) is 10.6. The minimum Gasteiger partial charge on any atom is -0.233 e. The van der Waals surface area contributed by atoms with Crippen LogP contribution in [0.15, 0.2) is 54.6 Å². The molecule has 202 valence electrons. The number of hydrogen-bond acceptors (Lipinski definition) is 0. The third-order valence-electron chi connectivity index (χ3n) is 7.71. The summed E-state index contributed by atoms with van der Waals surface area (Å²) in [5.74, 6) is -1.77. The van der Waals surface area contributed by atoms with Gasteiger partial charge in [0.25, 0.3) is 0 Å². The van der Waals surface area contributed by atoms with Crippen LogP contribution in [-0.2, 0) is 18.5 Å². The number of benzene rings is 2. The van der Waals surface area contributed by atoms with Gasteiger partial charge in [-0.05, 0) is 42.4 Å². The summed E-state index contributed by atoms with van der Waals surface area (Å²) in [4.78, 5) is 0. The Bertz CT molecular complexity index is 1020. The molecule has 37 heavy (non-hydrogen) atoms. The van der Waals surface area contributed by atoms with Gasteiger partial charge in [0.1, 0.15) is 0 Å². The molecule has 0 amide bonds. The molecule has 2 aromatic carbocycles. The van der Waals surface area contributed by atoms with Crippen LogP contribution in [0.1, 0.15) is 120 Å². The van der Waals surface area contributed by atoms with Gasteiger partial charge in [-0.2, -0.15) is 0 Å². The minimum absolute atomic E-state index is 0.0210. The number of aryl methyl sites for hydroxylation is 2. The first kappa shape index (κ1) is 29.3. The van der Waals surface area contributed by atoms with Crippen LogP contribution in [0.2, 0.25) is 0 Å². The van der Waals surface area contributed by atoms with Gasteiger partial charge in [-0.1, -0.05) is 133 Å². The predicted octanol–water partition coefficient (Wildman–Crippen LogP) is 11.0. The van der Waals surface area contributed by atoms with E-state index >= 15 is 13.2 Å². The highest BCUT2D eigenvalue weighted by Crippen LogP contribution is 2.46. The summed E-state index contributed by atoms with van der Waals surface area (Å²) in [6, 6.07) is 10.8. The molecular weight excluding hydrogens is 465 g/mol. The highest BCUT2D eigenvalue weighted by atomic mass is 19.2. The van der Waals surface area contributed by atoms with Crippen LogP contribution < -0.4 is 0 Å². The number of allylic oxidation sites excluding steroid dienone is 4. The molecular formula is C34H45F3. The van der Waals surface area contributed by atoms with E-state index in [9.17, 15) is 0 Å². The van der Waals surface area contributed by atoms with E-state index in [0.717, 1.165) is 32.1 Å². The number of halogens is 3. The average Bonchev–Trinajstić information content (AvgIpc) is 2.91. The van der Waals surface area contributed by atoms with Crippen molar-refractivity contribution in [1.29, 1.82) is 0 Å². The van der Waals surface area contributed by atoms with E-state index in [0.29, 0.717) is 17.5 Å². The topological polar surface area (TPSA) is 0 Å². The maximum Gasteiger partial charge on any atom is 0.166 e. The first-order valence-electron chi connectivity index (χ1n) is 14.6. The quantitative estimate of drug-likeness (QED) is 0.197. The Labute approximate surface area is 223 Å². The van der Waals surface area contributed by atoms with Gasteiger partial charge >= 0.3 is 0 Å². The maximum absolute atomic E-state index is 16.6. The smallest absolute Gasteiger partial charge is 0.166 e. The van der Waals surface area contributed by atoms with Gasteiger partial charge < -0.3 is 0 Å². The first-order chi connectivity index (χ1) is 18.0. The van der Waals surface area contributed by atoms with Crippen LogP contribution in [-0.4, -0.2) is 0 Å². The number of rotatable bonds is 16. The van der Waals surface area contributed by atoms with E-state index in [1.54, 1.807) is 30.4 Å². The van der Waals surface area contributed by atoms with Crippen molar-refractivity contribution in [2.45, 2.75) is 116 Å². The molecule has 0 saturated carbocycles. The van der Waals surface area contributed by atoms with E-state index < -0.39 is 17.3 Å². The van der Waals surface area contributed by atoms with Gasteiger partial charge in [-0.15, -0.1) is 0 Å². The highest BCUT2D eigenvalue weighted by Gasteiger charge is 2.39. The molecule has 0 aromatic heterocycles. The monoisotopic (exact) mass is 510 g/mol. The SMILES string of the molecule is CCCCCCCCCc1ccc(C2=CC=CCC2(F)c2ccc(CCCCCCC)cc2)c(F)c1F. The Morgan fingerprint density at radius 3 is 1.92 bits per heavy atom. The van der Waals surface area contributed by atoms with Gasteiger partial charge in [0.15, 0.2) is 17.3 Å². The molecule has 0 radical (unpaired) electrons. The molecule has 1 aliphatic rings. The van der Waals surface area contributed by atoms with Crippen molar-refractivity contribution in [2.75, 3.05) is 0 Å². The van der Waals surface area contributed by atoms with E-state index in [-0.39, 0.29) is 17.6 Å². The average molecular weight is 511 g/mol. The highest BCUT2D eigenvalue weighted by molar-refractivity contribution is 5.77. The minimum atomic E-state index is -1.89. The summed E-state index contributed by atoms with van der Waals surface area (Å²) in [5, 5.41) is 0. The fourth-order valence-corrected chi connectivity index (χ4v) is 5.34. The van der Waals surface area contributed by atoms with Crippen molar-refractivity contribution in [3.05, 3.63) is 88.5 Å². The second kappa shape index (κ2) is 15.2. The van der Waals surface area contributed by atoms with Crippen molar-refractivity contribution in [1.82, 2.24) is 0 Å². The van der Waals surface area contributed by atoms with Crippen molar-refractivity contribution in [3.63, 3.8) is 0 Å².